The zero-order valence-electron chi connectivity index (χ0n) is 36.7. The lowest BCUT2D eigenvalue weighted by Crippen LogP contribution is -2.28. The molecule has 1 fully saturated rings. The number of aryl methyl sites for hydroxylation is 2. The second kappa shape index (κ2) is 21.9. The first kappa shape index (κ1) is 46.5. The number of aliphatic hydroxyl groups excluding tert-OH is 1. The minimum Gasteiger partial charge on any atom is -0.497 e. The molecule has 2 heterocycles. The van der Waals surface area contributed by atoms with Crippen molar-refractivity contribution in [3.8, 4) is 28.8 Å². The number of urea groups is 1. The number of benzene rings is 6. The number of amides is 4. The van der Waals surface area contributed by atoms with E-state index in [1.165, 1.54) is 12.1 Å². The van der Waals surface area contributed by atoms with Crippen LogP contribution in [0.4, 0.5) is 31.9 Å². The molecule has 4 N–H and O–H groups in total. The zero-order chi connectivity index (χ0) is 46.6. The molecule has 0 spiro atoms. The number of aromatic nitrogens is 3. The van der Waals surface area contributed by atoms with Gasteiger partial charge in [-0.1, -0.05) is 48.0 Å². The predicted octanol–water partition coefficient (Wildman–Crippen LogP) is 9.58. The minimum absolute atomic E-state index is 0.0225. The Labute approximate surface area is 385 Å². The highest BCUT2D eigenvalue weighted by Gasteiger charge is 2.34. The largest absolute Gasteiger partial charge is 0.497 e. The average Bonchev–Trinajstić information content (AvgIpc) is 3.94. The number of carbonyl (C=O) groups excluding carboxylic acids is 3. The molecule has 1 aliphatic heterocycles. The second-order valence-electron chi connectivity index (χ2n) is 15.0. The van der Waals surface area contributed by atoms with Gasteiger partial charge in [-0.2, -0.15) is 4.98 Å². The topological polar surface area (TPSA) is 169 Å². The number of ether oxygens (including phenoxy) is 3. The Kier molecular flexibility index (Phi) is 15.4. The molecule has 7 aromatic rings. The number of rotatable bonds is 14. The van der Waals surface area contributed by atoms with Crippen LogP contribution in [0.2, 0.25) is 0 Å². The Morgan fingerprint density at radius 2 is 1.55 bits per heavy atom. The molecule has 66 heavy (non-hydrogen) atoms. The van der Waals surface area contributed by atoms with Gasteiger partial charge in [-0.25, -0.2) is 13.9 Å². The smallest absolute Gasteiger partial charge is 0.336 e. The number of halogens is 1. The average molecular weight is 910 g/mol. The van der Waals surface area contributed by atoms with Gasteiger partial charge in [-0.15, -0.1) is 16.9 Å². The first-order chi connectivity index (χ1) is 32.0. The van der Waals surface area contributed by atoms with Crippen molar-refractivity contribution in [2.75, 3.05) is 54.0 Å². The number of hydrogen-bond acceptors (Lipinski definition) is 10. The molecule has 1 unspecified atom stereocenters. The Hall–Kier alpha value is -7.53. The van der Waals surface area contributed by atoms with Gasteiger partial charge in [0.2, 0.25) is 5.91 Å². The summed E-state index contributed by atoms with van der Waals surface area (Å²) >= 11 is 1.55. The van der Waals surface area contributed by atoms with Crippen molar-refractivity contribution in [1.82, 2.24) is 14.8 Å². The maximum atomic E-state index is 14.0. The lowest BCUT2D eigenvalue weighted by Gasteiger charge is -2.25. The summed E-state index contributed by atoms with van der Waals surface area (Å²) in [6.45, 7) is 4.36. The normalized spacial score (nSPS) is 13.1. The first-order valence-electron chi connectivity index (χ1n) is 20.8. The molecule has 6 aromatic carbocycles. The van der Waals surface area contributed by atoms with Gasteiger partial charge >= 0.3 is 12.0 Å². The Bertz CT molecular complexity index is 2800. The molecule has 1 aromatic heterocycles. The van der Waals surface area contributed by atoms with Crippen molar-refractivity contribution in [2.45, 2.75) is 25.8 Å². The first-order valence-corrected chi connectivity index (χ1v) is 21.9. The van der Waals surface area contributed by atoms with Gasteiger partial charge in [0.25, 0.3) is 5.91 Å². The fraction of sp³-hybridized carbons (Fsp3) is 0.180. The lowest BCUT2D eigenvalue weighted by molar-refractivity contribution is -0.115. The fourth-order valence-corrected chi connectivity index (χ4v) is 8.05. The number of hydrogen-bond donors (Lipinski definition) is 4. The molecule has 4 amide bonds. The summed E-state index contributed by atoms with van der Waals surface area (Å²) in [5, 5.41) is 21.9. The highest BCUT2D eigenvalue weighted by atomic mass is 32.2. The van der Waals surface area contributed by atoms with Crippen molar-refractivity contribution >= 4 is 52.4 Å². The lowest BCUT2D eigenvalue weighted by atomic mass is 10.1. The van der Waals surface area contributed by atoms with Gasteiger partial charge in [0.1, 0.15) is 23.5 Å². The molecule has 0 bridgehead atoms. The number of nitrogens with one attached hydrogen (secondary N) is 3. The maximum Gasteiger partial charge on any atom is 0.336 e. The summed E-state index contributed by atoms with van der Waals surface area (Å²) in [4.78, 5) is 43.8. The molecule has 338 valence electrons. The summed E-state index contributed by atoms with van der Waals surface area (Å²) in [5.41, 5.74) is 7.66. The minimum atomic E-state index is -0.556. The summed E-state index contributed by atoms with van der Waals surface area (Å²) in [6.07, 6.45) is 0. The highest BCUT2D eigenvalue weighted by molar-refractivity contribution is 8.00. The fourth-order valence-electron chi connectivity index (χ4n) is 6.88. The molecule has 16 heteroatoms. The third-order valence-electron chi connectivity index (χ3n) is 10.1. The number of nitrogens with zero attached hydrogens (tertiary/aromatic N) is 4. The van der Waals surface area contributed by atoms with Gasteiger partial charge in [0, 0.05) is 35.3 Å². The van der Waals surface area contributed by atoms with Crippen LogP contribution in [0, 0.1) is 19.7 Å². The summed E-state index contributed by atoms with van der Waals surface area (Å²) < 4.78 is 31.6. The van der Waals surface area contributed by atoms with Gasteiger partial charge in [-0.05, 0) is 128 Å². The van der Waals surface area contributed by atoms with Gasteiger partial charge in [0.05, 0.1) is 37.5 Å². The second-order valence-corrected chi connectivity index (χ2v) is 16.1. The molecule has 1 atom stereocenters. The van der Waals surface area contributed by atoms with Crippen LogP contribution >= 0.6 is 11.8 Å². The standard InChI is InChI=1S/C26H26FN5O4.C24H22N2O3S/c1-17-4-13-23(22(27)16-17)29-25(33)28-19-7-9-20(10-8-19)32-24(18-5-11-21(35-3)12-6-18)30-26(31-32)36-15-14-34-2;1-16-5-2-7-18(11-16)23(29)25-20-9-4-8-19(13-20)24-26(22(28)15-30-24)21-10-3-6-17(12-21)14-27/h4-13,16H,14-15H2,1-3H3,(H2,28,29,33);2-13,24,27H,14-15H2,1H3,(H,25,29). The molecular weight excluding hydrogens is 862 g/mol. The van der Waals surface area contributed by atoms with E-state index in [0.717, 1.165) is 39.3 Å². The van der Waals surface area contributed by atoms with Crippen molar-refractivity contribution in [2.24, 2.45) is 0 Å². The Morgan fingerprint density at radius 3 is 2.27 bits per heavy atom. The molecule has 1 saturated heterocycles. The van der Waals surface area contributed by atoms with Crippen molar-refractivity contribution in [3.05, 3.63) is 173 Å². The van der Waals surface area contributed by atoms with E-state index in [1.807, 2.05) is 97.9 Å². The summed E-state index contributed by atoms with van der Waals surface area (Å²) in [7, 11) is 3.19. The van der Waals surface area contributed by atoms with E-state index in [0.29, 0.717) is 47.4 Å². The molecule has 0 saturated carbocycles. The number of anilines is 4. The van der Waals surface area contributed by atoms with Gasteiger partial charge in [0.15, 0.2) is 5.82 Å². The van der Waals surface area contributed by atoms with Crippen molar-refractivity contribution in [3.63, 3.8) is 0 Å². The third-order valence-corrected chi connectivity index (χ3v) is 11.4. The number of thioether (sulfide) groups is 1. The quantitative estimate of drug-likeness (QED) is 0.0772. The SMILES string of the molecule is COCCOc1nc(-c2ccc(OC)cc2)n(-c2ccc(NC(=O)Nc3ccc(C)cc3F)cc2)n1.Cc1cccc(C(=O)Nc2cccc(C3SCC(=O)N3c3cccc(CO)c3)c2)c1. The zero-order valence-corrected chi connectivity index (χ0v) is 37.5. The Morgan fingerprint density at radius 1 is 0.788 bits per heavy atom. The predicted molar refractivity (Wildman–Crippen MR) is 255 cm³/mol. The highest BCUT2D eigenvalue weighted by Crippen LogP contribution is 2.42. The van der Waals surface area contributed by atoms with E-state index >= 15 is 0 Å². The summed E-state index contributed by atoms with van der Waals surface area (Å²) in [6, 6.07) is 41.1. The monoisotopic (exact) mass is 909 g/mol. The van der Waals surface area contributed by atoms with Crippen LogP contribution in [-0.2, 0) is 16.1 Å². The van der Waals surface area contributed by atoms with Crippen LogP contribution in [0.15, 0.2) is 140 Å². The van der Waals surface area contributed by atoms with E-state index in [9.17, 15) is 23.9 Å². The van der Waals surface area contributed by atoms with Crippen LogP contribution in [0.25, 0.3) is 17.1 Å². The van der Waals surface area contributed by atoms with Crippen LogP contribution in [-0.4, -0.2) is 70.9 Å². The van der Waals surface area contributed by atoms with Crippen LogP contribution in [0.5, 0.6) is 11.8 Å². The van der Waals surface area contributed by atoms with Crippen LogP contribution in [0.3, 0.4) is 0 Å². The Balaban J connectivity index is 0.000000199. The molecule has 0 radical (unpaired) electrons. The van der Waals surface area contributed by atoms with E-state index in [4.69, 9.17) is 14.2 Å². The van der Waals surface area contributed by atoms with E-state index < -0.39 is 11.8 Å². The number of methoxy groups -OCH3 is 2. The van der Waals surface area contributed by atoms with Gasteiger partial charge < -0.3 is 35.3 Å². The molecule has 0 aliphatic carbocycles. The molecular formula is C50H48FN7O7S. The summed E-state index contributed by atoms with van der Waals surface area (Å²) in [5.74, 6) is 1.03. The van der Waals surface area contributed by atoms with E-state index in [2.05, 4.69) is 26.0 Å². The van der Waals surface area contributed by atoms with E-state index in [-0.39, 0.29) is 35.5 Å². The maximum absolute atomic E-state index is 14.0. The number of carbonyl (C=O) groups is 3. The van der Waals surface area contributed by atoms with Crippen molar-refractivity contribution in [1.29, 1.82) is 0 Å². The third kappa shape index (κ3) is 11.8. The number of aliphatic hydroxyl groups is 1. The van der Waals surface area contributed by atoms with Gasteiger partial charge in [-0.3, -0.25) is 14.5 Å². The van der Waals surface area contributed by atoms with E-state index in [1.54, 1.807) is 78.9 Å². The van der Waals surface area contributed by atoms with Crippen LogP contribution in [0.1, 0.15) is 38.0 Å². The van der Waals surface area contributed by atoms with Crippen LogP contribution < -0.4 is 30.3 Å². The molecule has 14 nitrogen and oxygen atoms in total. The molecule has 1 aliphatic rings. The molecule has 8 rings (SSSR count). The van der Waals surface area contributed by atoms with Crippen molar-refractivity contribution < 1.29 is 38.1 Å².